The van der Waals surface area contributed by atoms with Crippen molar-refractivity contribution in [3.63, 3.8) is 0 Å². The molecule has 0 aliphatic heterocycles. The van der Waals surface area contributed by atoms with Crippen molar-refractivity contribution in [2.75, 3.05) is 0 Å². The van der Waals surface area contributed by atoms with Gasteiger partial charge in [0.25, 0.3) is 0 Å². The SMILES string of the molecule is NC1CCC(Cc2ccccc2)CCC1Cc1ccccc1. The third kappa shape index (κ3) is 4.20. The van der Waals surface area contributed by atoms with Crippen LogP contribution < -0.4 is 5.73 Å². The molecule has 1 nitrogen and oxygen atoms in total. The summed E-state index contributed by atoms with van der Waals surface area (Å²) < 4.78 is 0. The van der Waals surface area contributed by atoms with Gasteiger partial charge in [-0.05, 0) is 61.5 Å². The van der Waals surface area contributed by atoms with E-state index < -0.39 is 0 Å². The molecule has 1 saturated carbocycles. The average Bonchev–Trinajstić information content (AvgIpc) is 2.73. The Bertz CT molecular complexity index is 549. The topological polar surface area (TPSA) is 26.0 Å². The Kier molecular flexibility index (Phi) is 5.29. The summed E-state index contributed by atoms with van der Waals surface area (Å²) in [5.74, 6) is 1.44. The highest BCUT2D eigenvalue weighted by atomic mass is 14.7. The van der Waals surface area contributed by atoms with E-state index in [0.717, 1.165) is 12.3 Å². The van der Waals surface area contributed by atoms with Crippen LogP contribution >= 0.6 is 0 Å². The van der Waals surface area contributed by atoms with E-state index in [-0.39, 0.29) is 0 Å². The molecule has 0 aromatic heterocycles. The Morgan fingerprint density at radius 2 is 1.23 bits per heavy atom. The highest BCUT2D eigenvalue weighted by Crippen LogP contribution is 2.31. The fraction of sp³-hybridized carbons (Fsp3) is 0.429. The molecule has 0 bridgehead atoms. The van der Waals surface area contributed by atoms with E-state index in [1.807, 2.05) is 0 Å². The van der Waals surface area contributed by atoms with Crippen LogP contribution in [0.3, 0.4) is 0 Å². The minimum atomic E-state index is 0.362. The van der Waals surface area contributed by atoms with Crippen LogP contribution in [0.25, 0.3) is 0 Å². The number of hydrogen-bond acceptors (Lipinski definition) is 1. The lowest BCUT2D eigenvalue weighted by Gasteiger charge is -2.21. The molecule has 0 heterocycles. The minimum absolute atomic E-state index is 0.362. The van der Waals surface area contributed by atoms with Gasteiger partial charge in [0.1, 0.15) is 0 Å². The molecule has 3 rings (SSSR count). The summed E-state index contributed by atoms with van der Waals surface area (Å²) in [4.78, 5) is 0. The Morgan fingerprint density at radius 3 is 1.86 bits per heavy atom. The smallest absolute Gasteiger partial charge is 0.00704 e. The lowest BCUT2D eigenvalue weighted by Crippen LogP contribution is -2.30. The molecule has 2 N–H and O–H groups in total. The van der Waals surface area contributed by atoms with Gasteiger partial charge in [0.05, 0.1) is 0 Å². The lowest BCUT2D eigenvalue weighted by atomic mass is 9.88. The zero-order chi connectivity index (χ0) is 15.2. The van der Waals surface area contributed by atoms with Gasteiger partial charge >= 0.3 is 0 Å². The summed E-state index contributed by atoms with van der Waals surface area (Å²) in [5, 5.41) is 0. The summed E-state index contributed by atoms with van der Waals surface area (Å²) in [6.45, 7) is 0. The van der Waals surface area contributed by atoms with Gasteiger partial charge in [-0.15, -0.1) is 0 Å². The van der Waals surface area contributed by atoms with E-state index in [0.29, 0.717) is 12.0 Å². The van der Waals surface area contributed by atoms with Crippen LogP contribution in [-0.4, -0.2) is 6.04 Å². The van der Waals surface area contributed by atoms with Gasteiger partial charge in [0, 0.05) is 6.04 Å². The average molecular weight is 293 g/mol. The van der Waals surface area contributed by atoms with Crippen molar-refractivity contribution < 1.29 is 0 Å². The first kappa shape index (κ1) is 15.3. The van der Waals surface area contributed by atoms with Crippen molar-refractivity contribution in [3.8, 4) is 0 Å². The molecule has 1 heteroatoms. The molecule has 0 amide bonds. The summed E-state index contributed by atoms with van der Waals surface area (Å²) >= 11 is 0. The monoisotopic (exact) mass is 293 g/mol. The fourth-order valence-corrected chi connectivity index (χ4v) is 3.79. The summed E-state index contributed by atoms with van der Waals surface area (Å²) in [6.07, 6.45) is 7.40. The molecule has 2 aromatic carbocycles. The van der Waals surface area contributed by atoms with Crippen LogP contribution in [0.1, 0.15) is 36.8 Å². The Hall–Kier alpha value is -1.60. The Labute approximate surface area is 134 Å². The van der Waals surface area contributed by atoms with Crippen molar-refractivity contribution in [3.05, 3.63) is 71.8 Å². The zero-order valence-corrected chi connectivity index (χ0v) is 13.3. The molecular formula is C21H27N. The van der Waals surface area contributed by atoms with Crippen molar-refractivity contribution >= 4 is 0 Å². The molecule has 3 atom stereocenters. The van der Waals surface area contributed by atoms with E-state index in [2.05, 4.69) is 60.7 Å². The molecule has 22 heavy (non-hydrogen) atoms. The van der Waals surface area contributed by atoms with E-state index in [9.17, 15) is 0 Å². The van der Waals surface area contributed by atoms with Crippen molar-refractivity contribution in [1.82, 2.24) is 0 Å². The second-order valence-electron chi connectivity index (χ2n) is 6.82. The van der Waals surface area contributed by atoms with Gasteiger partial charge in [-0.3, -0.25) is 0 Å². The number of rotatable bonds is 4. The van der Waals surface area contributed by atoms with Gasteiger partial charge in [0.15, 0.2) is 0 Å². The Balaban J connectivity index is 1.58. The third-order valence-corrected chi connectivity index (χ3v) is 5.17. The van der Waals surface area contributed by atoms with Crippen LogP contribution in [0.2, 0.25) is 0 Å². The molecule has 1 fully saturated rings. The minimum Gasteiger partial charge on any atom is -0.327 e. The summed E-state index contributed by atoms with van der Waals surface area (Å²) in [6, 6.07) is 22.1. The maximum Gasteiger partial charge on any atom is 0.00704 e. The number of benzene rings is 2. The molecule has 0 saturated heterocycles. The molecule has 0 radical (unpaired) electrons. The van der Waals surface area contributed by atoms with Gasteiger partial charge in [-0.2, -0.15) is 0 Å². The maximum atomic E-state index is 6.48. The summed E-state index contributed by atoms with van der Waals surface area (Å²) in [7, 11) is 0. The first-order chi connectivity index (χ1) is 10.8. The van der Waals surface area contributed by atoms with Crippen molar-refractivity contribution in [2.45, 2.75) is 44.6 Å². The normalized spacial score (nSPS) is 25.6. The van der Waals surface area contributed by atoms with Crippen LogP contribution in [0.5, 0.6) is 0 Å². The fourth-order valence-electron chi connectivity index (χ4n) is 3.79. The molecule has 116 valence electrons. The summed E-state index contributed by atoms with van der Waals surface area (Å²) in [5.41, 5.74) is 9.39. The van der Waals surface area contributed by atoms with Crippen LogP contribution in [0, 0.1) is 11.8 Å². The molecule has 0 spiro atoms. The van der Waals surface area contributed by atoms with Crippen LogP contribution in [-0.2, 0) is 12.8 Å². The van der Waals surface area contributed by atoms with Gasteiger partial charge < -0.3 is 5.73 Å². The molecule has 3 unspecified atom stereocenters. The van der Waals surface area contributed by atoms with Crippen molar-refractivity contribution in [2.24, 2.45) is 17.6 Å². The highest BCUT2D eigenvalue weighted by Gasteiger charge is 2.25. The van der Waals surface area contributed by atoms with Gasteiger partial charge in [-0.1, -0.05) is 60.7 Å². The van der Waals surface area contributed by atoms with Gasteiger partial charge in [-0.25, -0.2) is 0 Å². The predicted molar refractivity (Wildman–Crippen MR) is 93.7 cm³/mol. The van der Waals surface area contributed by atoms with Crippen molar-refractivity contribution in [1.29, 1.82) is 0 Å². The first-order valence-corrected chi connectivity index (χ1v) is 8.64. The van der Waals surface area contributed by atoms with Crippen LogP contribution in [0.15, 0.2) is 60.7 Å². The van der Waals surface area contributed by atoms with E-state index >= 15 is 0 Å². The number of nitrogens with two attached hydrogens (primary N) is 1. The van der Waals surface area contributed by atoms with E-state index in [1.165, 1.54) is 43.2 Å². The number of hydrogen-bond donors (Lipinski definition) is 1. The third-order valence-electron chi connectivity index (χ3n) is 5.17. The van der Waals surface area contributed by atoms with Gasteiger partial charge in [0.2, 0.25) is 0 Å². The molecular weight excluding hydrogens is 266 g/mol. The van der Waals surface area contributed by atoms with Crippen LogP contribution in [0.4, 0.5) is 0 Å². The Morgan fingerprint density at radius 1 is 0.682 bits per heavy atom. The second-order valence-corrected chi connectivity index (χ2v) is 6.82. The maximum absolute atomic E-state index is 6.48. The predicted octanol–water partition coefficient (Wildman–Crippen LogP) is 4.61. The lowest BCUT2D eigenvalue weighted by molar-refractivity contribution is 0.392. The largest absolute Gasteiger partial charge is 0.327 e. The first-order valence-electron chi connectivity index (χ1n) is 8.64. The second kappa shape index (κ2) is 7.60. The zero-order valence-electron chi connectivity index (χ0n) is 13.3. The standard InChI is InChI=1S/C21H27N/c22-21-14-12-19(15-17-7-3-1-4-8-17)11-13-20(21)16-18-9-5-2-6-10-18/h1-10,19-21H,11-16,22H2. The molecule has 2 aromatic rings. The highest BCUT2D eigenvalue weighted by molar-refractivity contribution is 5.17. The quantitative estimate of drug-likeness (QED) is 0.819. The molecule has 1 aliphatic carbocycles. The molecule has 1 aliphatic rings. The van der Waals surface area contributed by atoms with E-state index in [1.54, 1.807) is 0 Å². The van der Waals surface area contributed by atoms with E-state index in [4.69, 9.17) is 5.73 Å².